The summed E-state index contributed by atoms with van der Waals surface area (Å²) in [5.74, 6) is 0.368. The Hall–Kier alpha value is -3.06. The Labute approximate surface area is 175 Å². The van der Waals surface area contributed by atoms with Crippen molar-refractivity contribution in [3.05, 3.63) is 65.7 Å². The molecule has 1 N–H and O–H groups in total. The average Bonchev–Trinajstić information content (AvgIpc) is 3.19. The Kier molecular flexibility index (Phi) is 6.18. The number of anilines is 1. The number of piperidine rings is 1. The summed E-state index contributed by atoms with van der Waals surface area (Å²) in [5.41, 5.74) is 2.94. The lowest BCUT2D eigenvalue weighted by atomic mass is 9.89. The lowest BCUT2D eigenvalue weighted by Gasteiger charge is -2.31. The molecule has 0 spiro atoms. The Morgan fingerprint density at radius 1 is 1.07 bits per heavy atom. The van der Waals surface area contributed by atoms with Crippen LogP contribution >= 0.6 is 0 Å². The molecule has 0 bridgehead atoms. The van der Waals surface area contributed by atoms with E-state index in [1.165, 1.54) is 10.5 Å². The molecular weight excluding hydrogens is 384 g/mol. The summed E-state index contributed by atoms with van der Waals surface area (Å²) in [6, 6.07) is 17.6. The summed E-state index contributed by atoms with van der Waals surface area (Å²) in [6.45, 7) is 1.80. The highest BCUT2D eigenvalue weighted by molar-refractivity contribution is 5.89. The number of carbonyl (C=O) groups excluding carboxylic acids is 2. The normalized spacial score (nSPS) is 19.6. The van der Waals surface area contributed by atoms with Gasteiger partial charge in [-0.15, -0.1) is 0 Å². The number of aliphatic hydroxyl groups excluding tert-OH is 1. The van der Waals surface area contributed by atoms with Crippen LogP contribution in [-0.4, -0.2) is 54.5 Å². The first-order valence-corrected chi connectivity index (χ1v) is 10.3. The van der Waals surface area contributed by atoms with Gasteiger partial charge in [0.05, 0.1) is 13.2 Å². The fraction of sp³-hybridized carbons (Fsp3) is 0.391. The Morgan fingerprint density at radius 2 is 1.77 bits per heavy atom. The number of amides is 2. The lowest BCUT2D eigenvalue weighted by molar-refractivity contribution is 0.0870. The second kappa shape index (κ2) is 9.17. The molecule has 30 heavy (non-hydrogen) atoms. The van der Waals surface area contributed by atoms with E-state index in [1.54, 1.807) is 4.90 Å². The Morgan fingerprint density at radius 3 is 2.40 bits per heavy atom. The van der Waals surface area contributed by atoms with Gasteiger partial charge in [-0.25, -0.2) is 9.59 Å². The van der Waals surface area contributed by atoms with Crippen LogP contribution in [-0.2, 0) is 16.1 Å². The highest BCUT2D eigenvalue weighted by Crippen LogP contribution is 2.30. The monoisotopic (exact) mass is 410 g/mol. The summed E-state index contributed by atoms with van der Waals surface area (Å²) in [4.78, 5) is 27.5. The molecule has 2 aromatic rings. The summed E-state index contributed by atoms with van der Waals surface area (Å²) >= 11 is 0. The van der Waals surface area contributed by atoms with Gasteiger partial charge in [0, 0.05) is 18.8 Å². The van der Waals surface area contributed by atoms with Crippen LogP contribution in [0.3, 0.4) is 0 Å². The number of rotatable bonds is 5. The molecule has 2 aromatic carbocycles. The minimum absolute atomic E-state index is 0.174. The molecule has 2 amide bonds. The Bertz CT molecular complexity index is 863. The molecule has 2 fully saturated rings. The van der Waals surface area contributed by atoms with Crippen molar-refractivity contribution in [2.24, 2.45) is 0 Å². The van der Waals surface area contributed by atoms with Crippen LogP contribution < -0.4 is 4.90 Å². The van der Waals surface area contributed by atoms with Crippen molar-refractivity contribution in [2.45, 2.75) is 31.5 Å². The quantitative estimate of drug-likeness (QED) is 0.816. The fourth-order valence-electron chi connectivity index (χ4n) is 3.96. The van der Waals surface area contributed by atoms with Crippen LogP contribution in [0.2, 0.25) is 0 Å². The van der Waals surface area contributed by atoms with E-state index in [4.69, 9.17) is 9.47 Å². The molecule has 4 rings (SSSR count). The van der Waals surface area contributed by atoms with Crippen molar-refractivity contribution >= 4 is 17.9 Å². The molecule has 2 heterocycles. The number of carbonyl (C=O) groups is 2. The molecule has 0 saturated carbocycles. The molecule has 158 valence electrons. The van der Waals surface area contributed by atoms with Crippen LogP contribution in [0.15, 0.2) is 54.6 Å². The van der Waals surface area contributed by atoms with Crippen molar-refractivity contribution in [3.8, 4) is 0 Å². The summed E-state index contributed by atoms with van der Waals surface area (Å²) < 4.78 is 10.5. The van der Waals surface area contributed by atoms with E-state index in [-0.39, 0.29) is 19.3 Å². The highest BCUT2D eigenvalue weighted by atomic mass is 16.6. The molecule has 0 radical (unpaired) electrons. The van der Waals surface area contributed by atoms with Crippen LogP contribution in [0.4, 0.5) is 15.3 Å². The van der Waals surface area contributed by atoms with Gasteiger partial charge in [-0.1, -0.05) is 42.5 Å². The number of aliphatic hydroxyl groups is 1. The third kappa shape index (κ3) is 4.57. The molecule has 0 aromatic heterocycles. The van der Waals surface area contributed by atoms with E-state index in [2.05, 4.69) is 0 Å². The maximum Gasteiger partial charge on any atom is 0.414 e. The van der Waals surface area contributed by atoms with Crippen LogP contribution in [0.5, 0.6) is 0 Å². The van der Waals surface area contributed by atoms with Crippen LogP contribution in [0.25, 0.3) is 0 Å². The first kappa shape index (κ1) is 20.2. The number of likely N-dealkylation sites (tertiary alicyclic amines) is 1. The summed E-state index contributed by atoms with van der Waals surface area (Å²) in [5, 5.41) is 9.17. The second-order valence-corrected chi connectivity index (χ2v) is 7.69. The minimum Gasteiger partial charge on any atom is -0.445 e. The van der Waals surface area contributed by atoms with E-state index in [0.29, 0.717) is 25.6 Å². The number of hydrogen-bond acceptors (Lipinski definition) is 5. The smallest absolute Gasteiger partial charge is 0.414 e. The molecule has 1 unspecified atom stereocenters. The van der Waals surface area contributed by atoms with Gasteiger partial charge in [-0.2, -0.15) is 0 Å². The number of ether oxygens (including phenoxy) is 2. The highest BCUT2D eigenvalue weighted by Gasteiger charge is 2.32. The fourth-order valence-corrected chi connectivity index (χ4v) is 3.96. The van der Waals surface area contributed by atoms with Crippen LogP contribution in [0, 0.1) is 0 Å². The van der Waals surface area contributed by atoms with E-state index in [9.17, 15) is 14.7 Å². The van der Waals surface area contributed by atoms with Crippen molar-refractivity contribution in [1.29, 1.82) is 0 Å². The van der Waals surface area contributed by atoms with Crippen LogP contribution in [0.1, 0.15) is 29.9 Å². The molecule has 2 aliphatic rings. The maximum absolute atomic E-state index is 12.3. The average molecular weight is 410 g/mol. The topological polar surface area (TPSA) is 79.3 Å². The van der Waals surface area contributed by atoms with E-state index in [0.717, 1.165) is 24.1 Å². The van der Waals surface area contributed by atoms with Gasteiger partial charge in [-0.05, 0) is 42.0 Å². The molecular formula is C23H26N2O5. The van der Waals surface area contributed by atoms with E-state index in [1.807, 2.05) is 54.6 Å². The predicted octanol–water partition coefficient (Wildman–Crippen LogP) is 3.52. The van der Waals surface area contributed by atoms with E-state index >= 15 is 0 Å². The van der Waals surface area contributed by atoms with Gasteiger partial charge in [0.25, 0.3) is 0 Å². The second-order valence-electron chi connectivity index (χ2n) is 7.69. The van der Waals surface area contributed by atoms with Gasteiger partial charge >= 0.3 is 12.2 Å². The molecule has 2 aliphatic heterocycles. The third-order valence-corrected chi connectivity index (χ3v) is 5.71. The predicted molar refractivity (Wildman–Crippen MR) is 111 cm³/mol. The van der Waals surface area contributed by atoms with Crippen molar-refractivity contribution in [3.63, 3.8) is 0 Å². The minimum atomic E-state index is -0.469. The third-order valence-electron chi connectivity index (χ3n) is 5.71. The first-order valence-electron chi connectivity index (χ1n) is 10.3. The van der Waals surface area contributed by atoms with Crippen molar-refractivity contribution in [1.82, 2.24) is 4.90 Å². The molecule has 2 saturated heterocycles. The Balaban J connectivity index is 1.28. The first-order chi connectivity index (χ1) is 14.6. The molecule has 7 nitrogen and oxygen atoms in total. The maximum atomic E-state index is 12.3. The SMILES string of the molecule is O=C(OCc1ccccc1)N1CCC(c2ccc(N3CC(CO)OC3=O)cc2)CC1. The lowest BCUT2D eigenvalue weighted by Crippen LogP contribution is -2.38. The number of nitrogens with zero attached hydrogens (tertiary/aromatic N) is 2. The summed E-state index contributed by atoms with van der Waals surface area (Å²) in [7, 11) is 0. The largest absolute Gasteiger partial charge is 0.445 e. The van der Waals surface area contributed by atoms with Gasteiger partial charge in [0.2, 0.25) is 0 Å². The van der Waals surface area contributed by atoms with Crippen molar-refractivity contribution in [2.75, 3.05) is 31.1 Å². The number of cyclic esters (lactones) is 1. The van der Waals surface area contributed by atoms with Gasteiger partial charge in [-0.3, -0.25) is 4.90 Å². The molecule has 1 atom stereocenters. The van der Waals surface area contributed by atoms with Gasteiger partial charge in [0.1, 0.15) is 12.7 Å². The van der Waals surface area contributed by atoms with Gasteiger partial charge in [0.15, 0.2) is 0 Å². The zero-order valence-electron chi connectivity index (χ0n) is 16.8. The van der Waals surface area contributed by atoms with E-state index < -0.39 is 12.2 Å². The van der Waals surface area contributed by atoms with Gasteiger partial charge < -0.3 is 19.5 Å². The number of hydrogen-bond donors (Lipinski definition) is 1. The standard InChI is InChI=1S/C23H26N2O5/c26-15-21-14-25(23(28)30-21)20-8-6-18(7-9-20)19-10-12-24(13-11-19)22(27)29-16-17-4-2-1-3-5-17/h1-9,19,21,26H,10-16H2. The molecule has 0 aliphatic carbocycles. The summed E-state index contributed by atoms with van der Waals surface area (Å²) in [6.07, 6.45) is 0.585. The number of benzene rings is 2. The molecule has 7 heteroatoms. The zero-order valence-corrected chi connectivity index (χ0v) is 16.8. The van der Waals surface area contributed by atoms with Crippen molar-refractivity contribution < 1.29 is 24.2 Å². The zero-order chi connectivity index (χ0) is 20.9.